The lowest BCUT2D eigenvalue weighted by atomic mass is 9.99. The van der Waals surface area contributed by atoms with Crippen LogP contribution in [0.15, 0.2) is 47.4 Å². The topological polar surface area (TPSA) is 75.7 Å². The summed E-state index contributed by atoms with van der Waals surface area (Å²) in [5, 5.41) is 0. The Balaban J connectivity index is 1.81. The Kier molecular flexibility index (Phi) is 5.18. The minimum Gasteiger partial charge on any atom is -0.453 e. The molecule has 1 aliphatic rings. The first-order chi connectivity index (χ1) is 12.4. The Morgan fingerprint density at radius 3 is 2.54 bits per heavy atom. The van der Waals surface area contributed by atoms with Crippen LogP contribution in [0.4, 0.5) is 10.5 Å². The van der Waals surface area contributed by atoms with Crippen molar-refractivity contribution in [1.29, 1.82) is 0 Å². The summed E-state index contributed by atoms with van der Waals surface area (Å²) in [6, 6.07) is 12.3. The number of amides is 1. The van der Waals surface area contributed by atoms with Crippen LogP contribution < -0.4 is 4.72 Å². The molecule has 3 rings (SSSR count). The second-order valence-corrected chi connectivity index (χ2v) is 7.91. The smallest absolute Gasteiger partial charge is 0.409 e. The van der Waals surface area contributed by atoms with Crippen LogP contribution in [0.3, 0.4) is 0 Å². The number of anilines is 1. The van der Waals surface area contributed by atoms with Crippen molar-refractivity contribution < 1.29 is 17.9 Å². The van der Waals surface area contributed by atoms with Crippen LogP contribution in [-0.2, 0) is 34.1 Å². The van der Waals surface area contributed by atoms with Gasteiger partial charge in [0.1, 0.15) is 0 Å². The molecule has 7 heteroatoms. The average molecular weight is 374 g/mol. The molecule has 1 aliphatic heterocycles. The fourth-order valence-corrected chi connectivity index (χ4v) is 4.07. The summed E-state index contributed by atoms with van der Waals surface area (Å²) in [6.45, 7) is 3.02. The molecule has 0 aromatic heterocycles. The van der Waals surface area contributed by atoms with Crippen LogP contribution in [-0.4, -0.2) is 33.1 Å². The van der Waals surface area contributed by atoms with Gasteiger partial charge in [-0.1, -0.05) is 25.1 Å². The van der Waals surface area contributed by atoms with Gasteiger partial charge >= 0.3 is 6.09 Å². The van der Waals surface area contributed by atoms with Crippen LogP contribution >= 0.6 is 0 Å². The van der Waals surface area contributed by atoms with Crippen LogP contribution in [0.5, 0.6) is 0 Å². The van der Waals surface area contributed by atoms with Crippen molar-refractivity contribution in [3.8, 4) is 0 Å². The summed E-state index contributed by atoms with van der Waals surface area (Å²) in [6.07, 6.45) is 1.20. The fraction of sp³-hybridized carbons (Fsp3) is 0.316. The minimum atomic E-state index is -3.65. The SMILES string of the molecule is CCc1ccc(S(=O)(=O)Nc2ccc3c(c2)CN(C(=O)OC)CC3)cc1. The maximum atomic E-state index is 12.6. The van der Waals surface area contributed by atoms with Gasteiger partial charge in [-0.3, -0.25) is 4.72 Å². The number of nitrogens with zero attached hydrogens (tertiary/aromatic N) is 1. The maximum absolute atomic E-state index is 12.6. The monoisotopic (exact) mass is 374 g/mol. The highest BCUT2D eigenvalue weighted by Gasteiger charge is 2.22. The van der Waals surface area contributed by atoms with E-state index in [1.165, 1.54) is 7.11 Å². The molecule has 0 saturated heterocycles. The Bertz CT molecular complexity index is 908. The van der Waals surface area contributed by atoms with E-state index in [2.05, 4.69) is 4.72 Å². The van der Waals surface area contributed by atoms with E-state index in [1.807, 2.05) is 25.1 Å². The number of hydrogen-bond acceptors (Lipinski definition) is 4. The number of hydrogen-bond donors (Lipinski definition) is 1. The fourth-order valence-electron chi connectivity index (χ4n) is 3.02. The van der Waals surface area contributed by atoms with Gasteiger partial charge < -0.3 is 9.64 Å². The Morgan fingerprint density at radius 2 is 1.88 bits per heavy atom. The molecule has 0 atom stereocenters. The molecule has 0 unspecified atom stereocenters. The van der Waals surface area contributed by atoms with Gasteiger partial charge in [0.15, 0.2) is 0 Å². The van der Waals surface area contributed by atoms with Gasteiger partial charge in [-0.15, -0.1) is 0 Å². The number of methoxy groups -OCH3 is 1. The highest BCUT2D eigenvalue weighted by Crippen LogP contribution is 2.25. The molecule has 1 amide bonds. The molecule has 2 aromatic carbocycles. The highest BCUT2D eigenvalue weighted by atomic mass is 32.2. The summed E-state index contributed by atoms with van der Waals surface area (Å²) < 4.78 is 32.6. The van der Waals surface area contributed by atoms with Gasteiger partial charge in [-0.2, -0.15) is 0 Å². The van der Waals surface area contributed by atoms with E-state index >= 15 is 0 Å². The molecular formula is C19H22N2O4S. The average Bonchev–Trinajstić information content (AvgIpc) is 2.66. The molecule has 0 aliphatic carbocycles. The molecule has 0 saturated carbocycles. The second kappa shape index (κ2) is 7.37. The van der Waals surface area contributed by atoms with Gasteiger partial charge in [0, 0.05) is 18.8 Å². The van der Waals surface area contributed by atoms with Crippen molar-refractivity contribution in [3.05, 3.63) is 59.2 Å². The van der Waals surface area contributed by atoms with Gasteiger partial charge in [0.25, 0.3) is 10.0 Å². The molecule has 0 radical (unpaired) electrons. The number of sulfonamides is 1. The normalized spacial score (nSPS) is 13.8. The van der Waals surface area contributed by atoms with Crippen molar-refractivity contribution in [2.75, 3.05) is 18.4 Å². The number of rotatable bonds is 4. The molecular weight excluding hydrogens is 352 g/mol. The van der Waals surface area contributed by atoms with E-state index in [0.29, 0.717) is 18.8 Å². The van der Waals surface area contributed by atoms with E-state index in [1.54, 1.807) is 29.2 Å². The van der Waals surface area contributed by atoms with Crippen LogP contribution in [0.25, 0.3) is 0 Å². The zero-order valence-electron chi connectivity index (χ0n) is 14.9. The predicted octanol–water partition coefficient (Wildman–Crippen LogP) is 3.17. The number of ether oxygens (including phenoxy) is 1. The lowest BCUT2D eigenvalue weighted by Gasteiger charge is -2.28. The van der Waals surface area contributed by atoms with Crippen LogP contribution in [0, 0.1) is 0 Å². The summed E-state index contributed by atoms with van der Waals surface area (Å²) in [5.41, 5.74) is 3.60. The third-order valence-electron chi connectivity index (χ3n) is 4.55. The zero-order valence-corrected chi connectivity index (χ0v) is 15.7. The molecule has 0 bridgehead atoms. The number of aryl methyl sites for hydroxylation is 1. The first kappa shape index (κ1) is 18.3. The van der Waals surface area contributed by atoms with Crippen molar-refractivity contribution in [1.82, 2.24) is 4.90 Å². The van der Waals surface area contributed by atoms with Crippen molar-refractivity contribution in [3.63, 3.8) is 0 Å². The number of nitrogens with one attached hydrogen (secondary N) is 1. The van der Waals surface area contributed by atoms with Crippen molar-refractivity contribution >= 4 is 21.8 Å². The maximum Gasteiger partial charge on any atom is 0.409 e. The van der Waals surface area contributed by atoms with Crippen molar-refractivity contribution in [2.24, 2.45) is 0 Å². The molecule has 0 spiro atoms. The molecule has 6 nitrogen and oxygen atoms in total. The highest BCUT2D eigenvalue weighted by molar-refractivity contribution is 7.92. The number of fused-ring (bicyclic) bond motifs is 1. The molecule has 138 valence electrons. The minimum absolute atomic E-state index is 0.226. The van der Waals surface area contributed by atoms with E-state index in [0.717, 1.165) is 29.5 Å². The first-order valence-electron chi connectivity index (χ1n) is 8.49. The zero-order chi connectivity index (χ0) is 18.7. The third-order valence-corrected chi connectivity index (χ3v) is 5.94. The standard InChI is InChI=1S/C19H22N2O4S/c1-3-14-4-8-18(9-5-14)26(23,24)20-17-7-6-15-10-11-21(19(22)25-2)13-16(15)12-17/h4-9,12,20H,3,10-11,13H2,1-2H3. The van der Waals surface area contributed by atoms with Gasteiger partial charge in [-0.05, 0) is 53.8 Å². The Hall–Kier alpha value is -2.54. The molecule has 1 N–H and O–H groups in total. The summed E-state index contributed by atoms with van der Waals surface area (Å²) in [4.78, 5) is 13.5. The van der Waals surface area contributed by atoms with E-state index in [4.69, 9.17) is 4.74 Å². The van der Waals surface area contributed by atoms with Crippen molar-refractivity contribution in [2.45, 2.75) is 31.2 Å². The van der Waals surface area contributed by atoms with E-state index in [9.17, 15) is 13.2 Å². The summed E-state index contributed by atoms with van der Waals surface area (Å²) >= 11 is 0. The van der Waals surface area contributed by atoms with Gasteiger partial charge in [-0.25, -0.2) is 13.2 Å². The Morgan fingerprint density at radius 1 is 1.15 bits per heavy atom. The molecule has 2 aromatic rings. The molecule has 0 fully saturated rings. The molecule has 1 heterocycles. The summed E-state index contributed by atoms with van der Waals surface area (Å²) in [7, 11) is -2.30. The van der Waals surface area contributed by atoms with Gasteiger partial charge in [0.05, 0.1) is 12.0 Å². The number of carbonyl (C=O) groups is 1. The van der Waals surface area contributed by atoms with E-state index < -0.39 is 10.0 Å². The van der Waals surface area contributed by atoms with Crippen LogP contribution in [0.2, 0.25) is 0 Å². The number of carbonyl (C=O) groups excluding carboxylic acids is 1. The lowest BCUT2D eigenvalue weighted by molar-refractivity contribution is 0.118. The van der Waals surface area contributed by atoms with E-state index in [-0.39, 0.29) is 11.0 Å². The quantitative estimate of drug-likeness (QED) is 0.892. The Labute approximate surface area is 153 Å². The molecule has 26 heavy (non-hydrogen) atoms. The summed E-state index contributed by atoms with van der Waals surface area (Å²) in [5.74, 6) is 0. The number of benzene rings is 2. The third kappa shape index (κ3) is 3.83. The predicted molar refractivity (Wildman–Crippen MR) is 99.6 cm³/mol. The van der Waals surface area contributed by atoms with Gasteiger partial charge in [0.2, 0.25) is 0 Å². The largest absolute Gasteiger partial charge is 0.453 e. The van der Waals surface area contributed by atoms with Crippen LogP contribution in [0.1, 0.15) is 23.6 Å². The second-order valence-electron chi connectivity index (χ2n) is 6.23. The lowest BCUT2D eigenvalue weighted by Crippen LogP contribution is -2.35. The first-order valence-corrected chi connectivity index (χ1v) is 9.97.